The first-order chi connectivity index (χ1) is 8.95. The number of hydrogen-bond donors (Lipinski definition) is 0. The van der Waals surface area contributed by atoms with Gasteiger partial charge in [-0.25, -0.2) is 9.59 Å². The number of fused-ring (bicyclic) bond motifs is 1. The van der Waals surface area contributed by atoms with Crippen LogP contribution in [-0.2, 0) is 14.4 Å². The SMILES string of the molecule is COC(=O)c1ccc2c(c1)C(=O)N(OC(C)=O)C2=O. The van der Waals surface area contributed by atoms with Crippen LogP contribution in [0.1, 0.15) is 38.0 Å². The van der Waals surface area contributed by atoms with E-state index in [0.29, 0.717) is 5.06 Å². The molecule has 0 aliphatic carbocycles. The van der Waals surface area contributed by atoms with E-state index in [0.717, 1.165) is 6.92 Å². The van der Waals surface area contributed by atoms with Crippen LogP contribution in [0.15, 0.2) is 18.2 Å². The van der Waals surface area contributed by atoms with Crippen LogP contribution in [0.4, 0.5) is 0 Å². The third kappa shape index (κ3) is 2.05. The topological polar surface area (TPSA) is 90.0 Å². The van der Waals surface area contributed by atoms with Gasteiger partial charge >= 0.3 is 11.9 Å². The van der Waals surface area contributed by atoms with Gasteiger partial charge in [0, 0.05) is 6.92 Å². The van der Waals surface area contributed by atoms with Gasteiger partial charge in [0.2, 0.25) is 0 Å². The Morgan fingerprint density at radius 3 is 2.32 bits per heavy atom. The fraction of sp³-hybridized carbons (Fsp3) is 0.167. The zero-order valence-electron chi connectivity index (χ0n) is 10.1. The Bertz CT molecular complexity index is 606. The number of hydroxylamine groups is 2. The van der Waals surface area contributed by atoms with E-state index < -0.39 is 23.8 Å². The maximum atomic E-state index is 11.9. The first-order valence-electron chi connectivity index (χ1n) is 5.25. The molecule has 7 heteroatoms. The average Bonchev–Trinajstić information content (AvgIpc) is 2.62. The molecule has 2 amide bonds. The summed E-state index contributed by atoms with van der Waals surface area (Å²) in [5.41, 5.74) is 0.195. The lowest BCUT2D eigenvalue weighted by molar-refractivity contribution is -0.165. The first kappa shape index (κ1) is 12.7. The minimum absolute atomic E-state index is 0.00542. The summed E-state index contributed by atoms with van der Waals surface area (Å²) in [7, 11) is 1.20. The molecular weight excluding hydrogens is 254 g/mol. The molecule has 1 heterocycles. The maximum Gasteiger partial charge on any atom is 0.337 e. The van der Waals surface area contributed by atoms with Crippen LogP contribution in [0.25, 0.3) is 0 Å². The number of rotatable bonds is 2. The van der Waals surface area contributed by atoms with Gasteiger partial charge in [0.05, 0.1) is 23.8 Å². The molecule has 98 valence electrons. The van der Waals surface area contributed by atoms with Crippen LogP contribution in [0.5, 0.6) is 0 Å². The normalized spacial score (nSPS) is 13.3. The minimum atomic E-state index is -0.791. The van der Waals surface area contributed by atoms with Gasteiger partial charge in [-0.2, -0.15) is 0 Å². The second-order valence-electron chi connectivity index (χ2n) is 3.74. The third-order valence-corrected chi connectivity index (χ3v) is 2.49. The molecule has 0 fully saturated rings. The van der Waals surface area contributed by atoms with Crippen LogP contribution in [-0.4, -0.2) is 35.9 Å². The molecule has 19 heavy (non-hydrogen) atoms. The van der Waals surface area contributed by atoms with Gasteiger partial charge in [0.15, 0.2) is 0 Å². The highest BCUT2D eigenvalue weighted by molar-refractivity contribution is 6.21. The van der Waals surface area contributed by atoms with Crippen LogP contribution in [0, 0.1) is 0 Å². The predicted molar refractivity (Wildman–Crippen MR) is 60.0 cm³/mol. The quantitative estimate of drug-likeness (QED) is 0.571. The molecule has 1 aliphatic heterocycles. The summed E-state index contributed by atoms with van der Waals surface area (Å²) in [4.78, 5) is 50.4. The number of nitrogens with zero attached hydrogens (tertiary/aromatic N) is 1. The third-order valence-electron chi connectivity index (χ3n) is 2.49. The van der Waals surface area contributed by atoms with E-state index >= 15 is 0 Å². The van der Waals surface area contributed by atoms with E-state index in [1.165, 1.54) is 25.3 Å². The standard InChI is InChI=1S/C12H9NO6/c1-6(14)19-13-10(15)8-4-3-7(12(17)18-2)5-9(8)11(13)16/h3-5H,1-2H3. The molecule has 0 bridgehead atoms. The van der Waals surface area contributed by atoms with Crippen LogP contribution in [0.2, 0.25) is 0 Å². The number of carbonyl (C=O) groups excluding carboxylic acids is 4. The highest BCUT2D eigenvalue weighted by Gasteiger charge is 2.38. The van der Waals surface area contributed by atoms with E-state index in [-0.39, 0.29) is 16.7 Å². The van der Waals surface area contributed by atoms with Crippen molar-refractivity contribution in [3.8, 4) is 0 Å². The minimum Gasteiger partial charge on any atom is -0.465 e. The van der Waals surface area contributed by atoms with Gasteiger partial charge in [-0.1, -0.05) is 5.06 Å². The Kier molecular flexibility index (Phi) is 3.04. The van der Waals surface area contributed by atoms with Gasteiger partial charge in [0.1, 0.15) is 0 Å². The van der Waals surface area contributed by atoms with Crippen molar-refractivity contribution in [2.75, 3.05) is 7.11 Å². The van der Waals surface area contributed by atoms with E-state index in [4.69, 9.17) is 0 Å². The second kappa shape index (κ2) is 4.52. The van der Waals surface area contributed by atoms with E-state index in [1.54, 1.807) is 0 Å². The predicted octanol–water partition coefficient (Wildman–Crippen LogP) is 0.547. The zero-order valence-corrected chi connectivity index (χ0v) is 10.1. The van der Waals surface area contributed by atoms with Crippen LogP contribution < -0.4 is 0 Å². The molecule has 2 rings (SSSR count). The molecule has 0 radical (unpaired) electrons. The molecule has 0 N–H and O–H groups in total. The summed E-state index contributed by atoms with van der Waals surface area (Å²) in [5, 5.41) is 0.369. The first-order valence-corrected chi connectivity index (χ1v) is 5.25. The average molecular weight is 263 g/mol. The van der Waals surface area contributed by atoms with E-state index in [1.807, 2.05) is 0 Å². The van der Waals surface area contributed by atoms with Crippen molar-refractivity contribution in [2.24, 2.45) is 0 Å². The van der Waals surface area contributed by atoms with E-state index in [9.17, 15) is 19.2 Å². The molecule has 1 aromatic rings. The largest absolute Gasteiger partial charge is 0.465 e. The molecule has 7 nitrogen and oxygen atoms in total. The van der Waals surface area contributed by atoms with Crippen molar-refractivity contribution < 1.29 is 28.8 Å². The molecule has 0 aromatic heterocycles. The highest BCUT2D eigenvalue weighted by Crippen LogP contribution is 2.24. The summed E-state index contributed by atoms with van der Waals surface area (Å²) in [5.74, 6) is -2.95. The van der Waals surface area contributed by atoms with Gasteiger partial charge in [-0.05, 0) is 18.2 Å². The zero-order chi connectivity index (χ0) is 14.2. The summed E-state index contributed by atoms with van der Waals surface area (Å²) in [6.07, 6.45) is 0. The Labute approximate surface area is 107 Å². The molecule has 0 atom stereocenters. The second-order valence-corrected chi connectivity index (χ2v) is 3.74. The Morgan fingerprint density at radius 1 is 1.11 bits per heavy atom. The summed E-state index contributed by atoms with van der Waals surface area (Å²) >= 11 is 0. The maximum absolute atomic E-state index is 11.9. The van der Waals surface area contributed by atoms with Crippen molar-refractivity contribution in [2.45, 2.75) is 6.92 Å². The molecule has 0 saturated heterocycles. The smallest absolute Gasteiger partial charge is 0.337 e. The van der Waals surface area contributed by atoms with Crippen molar-refractivity contribution >= 4 is 23.8 Å². The lowest BCUT2D eigenvalue weighted by atomic mass is 10.1. The molecule has 0 saturated carbocycles. The molecule has 0 unspecified atom stereocenters. The Balaban J connectivity index is 2.42. The molecule has 0 spiro atoms. The van der Waals surface area contributed by atoms with Crippen LogP contribution in [0.3, 0.4) is 0 Å². The van der Waals surface area contributed by atoms with Crippen molar-refractivity contribution in [3.63, 3.8) is 0 Å². The summed E-state index contributed by atoms with van der Waals surface area (Å²) in [6, 6.07) is 3.89. The lowest BCUT2D eigenvalue weighted by Crippen LogP contribution is -2.31. The molecule has 1 aliphatic rings. The van der Waals surface area contributed by atoms with Crippen LogP contribution >= 0.6 is 0 Å². The number of imide groups is 1. The number of carbonyl (C=O) groups is 4. The lowest BCUT2D eigenvalue weighted by Gasteiger charge is -2.10. The number of ether oxygens (including phenoxy) is 1. The Morgan fingerprint density at radius 2 is 1.74 bits per heavy atom. The summed E-state index contributed by atoms with van der Waals surface area (Å²) in [6.45, 7) is 1.07. The Hall–Kier alpha value is -2.70. The van der Waals surface area contributed by atoms with E-state index in [2.05, 4.69) is 9.57 Å². The monoisotopic (exact) mass is 263 g/mol. The number of benzene rings is 1. The fourth-order valence-electron chi connectivity index (χ4n) is 1.68. The number of amides is 2. The number of methoxy groups -OCH3 is 1. The van der Waals surface area contributed by atoms with Gasteiger partial charge in [-0.3, -0.25) is 9.59 Å². The molecule has 1 aromatic carbocycles. The van der Waals surface area contributed by atoms with Crippen molar-refractivity contribution in [1.82, 2.24) is 5.06 Å². The number of hydrogen-bond acceptors (Lipinski definition) is 6. The fourth-order valence-corrected chi connectivity index (χ4v) is 1.68. The number of esters is 1. The summed E-state index contributed by atoms with van der Waals surface area (Å²) < 4.78 is 4.52. The van der Waals surface area contributed by atoms with Gasteiger partial charge in [-0.15, -0.1) is 0 Å². The van der Waals surface area contributed by atoms with Crippen molar-refractivity contribution in [1.29, 1.82) is 0 Å². The van der Waals surface area contributed by atoms with Gasteiger partial charge < -0.3 is 9.57 Å². The molecular formula is C12H9NO6. The van der Waals surface area contributed by atoms with Crippen molar-refractivity contribution in [3.05, 3.63) is 34.9 Å². The highest BCUT2D eigenvalue weighted by atomic mass is 16.7. The van der Waals surface area contributed by atoms with Gasteiger partial charge in [0.25, 0.3) is 11.8 Å².